The van der Waals surface area contributed by atoms with Crippen molar-refractivity contribution in [3.8, 4) is 0 Å². The van der Waals surface area contributed by atoms with Gasteiger partial charge in [0.2, 0.25) is 0 Å². The van der Waals surface area contributed by atoms with Crippen LogP contribution in [-0.2, 0) is 18.2 Å². The van der Waals surface area contributed by atoms with Crippen LogP contribution in [0, 0.1) is 10.1 Å². The number of halogens is 7. The van der Waals surface area contributed by atoms with Gasteiger partial charge in [-0.3, -0.25) is 10.1 Å². The van der Waals surface area contributed by atoms with Crippen molar-refractivity contribution in [3.63, 3.8) is 0 Å². The van der Waals surface area contributed by atoms with E-state index in [2.05, 4.69) is 0 Å². The van der Waals surface area contributed by atoms with Gasteiger partial charge < -0.3 is 0 Å². The third-order valence-electron chi connectivity index (χ3n) is 2.18. The molecule has 0 unspecified atom stereocenters. The molecule has 0 atom stereocenters. The molecule has 0 spiro atoms. The lowest BCUT2D eigenvalue weighted by Gasteiger charge is -2.18. The second kappa shape index (κ2) is 4.87. The first-order valence-corrected chi connectivity index (χ1v) is 5.04. The summed E-state index contributed by atoms with van der Waals surface area (Å²) >= 11 is 5.15. The van der Waals surface area contributed by atoms with Crippen LogP contribution in [0.1, 0.15) is 16.7 Å². The zero-order valence-electron chi connectivity index (χ0n) is 8.77. The zero-order chi connectivity index (χ0) is 15.0. The second-order valence-corrected chi connectivity index (χ2v) is 3.65. The van der Waals surface area contributed by atoms with Gasteiger partial charge in [0.25, 0.3) is 5.69 Å². The Kier molecular flexibility index (Phi) is 3.99. The van der Waals surface area contributed by atoms with Crippen LogP contribution in [0.4, 0.5) is 32.0 Å². The maximum atomic E-state index is 12.7. The molecular formula is C9H4ClF6NO2. The van der Waals surface area contributed by atoms with Gasteiger partial charge in [0.15, 0.2) is 0 Å². The summed E-state index contributed by atoms with van der Waals surface area (Å²) in [5.74, 6) is -0.851. The van der Waals surface area contributed by atoms with E-state index in [-0.39, 0.29) is 0 Å². The predicted octanol–water partition coefficient (Wildman–Crippen LogP) is 4.37. The van der Waals surface area contributed by atoms with E-state index in [9.17, 15) is 36.5 Å². The second-order valence-electron chi connectivity index (χ2n) is 3.38. The molecule has 1 rings (SSSR count). The van der Waals surface area contributed by atoms with E-state index in [0.717, 1.165) is 0 Å². The molecule has 0 bridgehead atoms. The number of benzene rings is 1. The van der Waals surface area contributed by atoms with E-state index in [1.165, 1.54) is 0 Å². The summed E-state index contributed by atoms with van der Waals surface area (Å²) in [5, 5.41) is 10.5. The number of nitro benzene ring substituents is 1. The molecule has 0 fully saturated rings. The van der Waals surface area contributed by atoms with E-state index in [4.69, 9.17) is 11.6 Å². The number of hydrogen-bond donors (Lipinski definition) is 0. The molecule has 0 N–H and O–H groups in total. The van der Waals surface area contributed by atoms with Crippen molar-refractivity contribution in [1.82, 2.24) is 0 Å². The molecule has 0 amide bonds. The third-order valence-corrected chi connectivity index (χ3v) is 2.47. The normalized spacial score (nSPS) is 12.6. The van der Waals surface area contributed by atoms with Crippen LogP contribution >= 0.6 is 11.6 Å². The van der Waals surface area contributed by atoms with Gasteiger partial charge in [0, 0.05) is 11.9 Å². The molecule has 0 heterocycles. The summed E-state index contributed by atoms with van der Waals surface area (Å²) in [6.07, 6.45) is -10.9. The summed E-state index contributed by atoms with van der Waals surface area (Å²) in [5.41, 5.74) is -6.98. The monoisotopic (exact) mass is 307 g/mol. The maximum Gasteiger partial charge on any atom is 0.423 e. The van der Waals surface area contributed by atoms with Gasteiger partial charge in [-0.25, -0.2) is 0 Å². The fourth-order valence-corrected chi connectivity index (χ4v) is 1.73. The van der Waals surface area contributed by atoms with Crippen molar-refractivity contribution in [2.24, 2.45) is 0 Å². The predicted molar refractivity (Wildman–Crippen MR) is 52.7 cm³/mol. The maximum absolute atomic E-state index is 12.7. The first-order valence-electron chi connectivity index (χ1n) is 4.50. The van der Waals surface area contributed by atoms with E-state index >= 15 is 0 Å². The Bertz CT molecular complexity index is 511. The number of nitrogens with zero attached hydrogens (tertiary/aromatic N) is 1. The molecular weight excluding hydrogens is 304 g/mol. The summed E-state index contributed by atoms with van der Waals surface area (Å²) in [7, 11) is 0. The molecule has 0 saturated heterocycles. The van der Waals surface area contributed by atoms with E-state index in [0.29, 0.717) is 12.1 Å². The first kappa shape index (κ1) is 15.5. The van der Waals surface area contributed by atoms with Crippen molar-refractivity contribution in [2.45, 2.75) is 18.2 Å². The molecule has 0 saturated carbocycles. The average Bonchev–Trinajstić information content (AvgIpc) is 2.24. The Hall–Kier alpha value is -1.51. The zero-order valence-corrected chi connectivity index (χ0v) is 9.53. The molecule has 3 nitrogen and oxygen atoms in total. The highest BCUT2D eigenvalue weighted by Crippen LogP contribution is 2.46. The Morgan fingerprint density at radius 1 is 1.05 bits per heavy atom. The van der Waals surface area contributed by atoms with Crippen LogP contribution in [0.5, 0.6) is 0 Å². The van der Waals surface area contributed by atoms with Gasteiger partial charge in [0.1, 0.15) is 5.56 Å². The number of rotatable bonds is 2. The van der Waals surface area contributed by atoms with Crippen LogP contribution in [0.2, 0.25) is 0 Å². The van der Waals surface area contributed by atoms with Crippen LogP contribution < -0.4 is 0 Å². The average molecular weight is 308 g/mol. The quantitative estimate of drug-likeness (QED) is 0.352. The highest BCUT2D eigenvalue weighted by Gasteiger charge is 2.49. The Balaban J connectivity index is 3.83. The van der Waals surface area contributed by atoms with Crippen LogP contribution in [-0.4, -0.2) is 4.92 Å². The van der Waals surface area contributed by atoms with Crippen molar-refractivity contribution < 1.29 is 31.3 Å². The molecule has 0 aliphatic heterocycles. The van der Waals surface area contributed by atoms with Crippen molar-refractivity contribution in [1.29, 1.82) is 0 Å². The Morgan fingerprint density at radius 3 is 1.84 bits per heavy atom. The van der Waals surface area contributed by atoms with Gasteiger partial charge in [0.05, 0.1) is 10.5 Å². The molecule has 1 aromatic rings. The topological polar surface area (TPSA) is 43.1 Å². The van der Waals surface area contributed by atoms with Gasteiger partial charge in [-0.2, -0.15) is 26.3 Å². The molecule has 19 heavy (non-hydrogen) atoms. The molecule has 0 radical (unpaired) electrons. The Labute approximate surface area is 106 Å². The highest BCUT2D eigenvalue weighted by molar-refractivity contribution is 6.17. The van der Waals surface area contributed by atoms with Crippen molar-refractivity contribution in [3.05, 3.63) is 38.9 Å². The number of alkyl halides is 7. The highest BCUT2D eigenvalue weighted by atomic mass is 35.5. The minimum atomic E-state index is -5.52. The summed E-state index contributed by atoms with van der Waals surface area (Å²) in [6, 6.07) is 0.916. The minimum Gasteiger partial charge on any atom is -0.258 e. The summed E-state index contributed by atoms with van der Waals surface area (Å²) in [4.78, 5) is 8.93. The molecule has 10 heteroatoms. The van der Waals surface area contributed by atoms with E-state index < -0.39 is 45.5 Å². The Morgan fingerprint density at radius 2 is 1.53 bits per heavy atom. The first-order chi connectivity index (χ1) is 8.50. The molecule has 106 valence electrons. The van der Waals surface area contributed by atoms with Gasteiger partial charge >= 0.3 is 12.4 Å². The van der Waals surface area contributed by atoms with Gasteiger partial charge in [-0.15, -0.1) is 11.6 Å². The van der Waals surface area contributed by atoms with Crippen molar-refractivity contribution in [2.75, 3.05) is 0 Å². The lowest BCUT2D eigenvalue weighted by atomic mass is 9.99. The minimum absolute atomic E-state index is 0.357. The summed E-state index contributed by atoms with van der Waals surface area (Å²) in [6.45, 7) is 0. The number of nitro groups is 1. The lowest BCUT2D eigenvalue weighted by molar-refractivity contribution is -0.388. The summed E-state index contributed by atoms with van der Waals surface area (Å²) < 4.78 is 76.1. The standard InChI is InChI=1S/C9H4ClF6NO2/c10-3-4-1-2-5(17(18)19)7(9(14,15)16)6(4)8(11,12)13/h1-2H,3H2. The molecule has 0 aliphatic carbocycles. The lowest BCUT2D eigenvalue weighted by Crippen LogP contribution is -2.20. The molecule has 1 aromatic carbocycles. The largest absolute Gasteiger partial charge is 0.423 e. The van der Waals surface area contributed by atoms with Crippen molar-refractivity contribution >= 4 is 17.3 Å². The van der Waals surface area contributed by atoms with Gasteiger partial charge in [-0.05, 0) is 5.56 Å². The smallest absolute Gasteiger partial charge is 0.258 e. The fraction of sp³-hybridized carbons (Fsp3) is 0.333. The number of hydrogen-bond acceptors (Lipinski definition) is 2. The molecule has 0 aromatic heterocycles. The van der Waals surface area contributed by atoms with Crippen LogP contribution in [0.15, 0.2) is 12.1 Å². The third kappa shape index (κ3) is 3.09. The van der Waals surface area contributed by atoms with E-state index in [1.807, 2.05) is 0 Å². The van der Waals surface area contributed by atoms with Crippen LogP contribution in [0.25, 0.3) is 0 Å². The molecule has 0 aliphatic rings. The van der Waals surface area contributed by atoms with Gasteiger partial charge in [-0.1, -0.05) is 6.07 Å². The fourth-order valence-electron chi connectivity index (χ4n) is 1.51. The van der Waals surface area contributed by atoms with E-state index in [1.54, 1.807) is 0 Å². The van der Waals surface area contributed by atoms with Crippen LogP contribution in [0.3, 0.4) is 0 Å². The SMILES string of the molecule is O=[N+]([O-])c1ccc(CCl)c(C(F)(F)F)c1C(F)(F)F.